The molecule has 0 aliphatic carbocycles. The molecule has 1 amide bonds. The Morgan fingerprint density at radius 3 is 2.84 bits per heavy atom. The smallest absolute Gasteiger partial charge is 0.349 e. The number of hydrogen-bond acceptors (Lipinski definition) is 3. The molecule has 0 aliphatic rings. The molecule has 0 fully saturated rings. The molecule has 0 unspecified atom stereocenters. The third-order valence-corrected chi connectivity index (χ3v) is 4.13. The van der Waals surface area contributed by atoms with E-state index in [4.69, 9.17) is 16.0 Å². The average molecular weight is 354 g/mol. The van der Waals surface area contributed by atoms with Crippen molar-refractivity contribution in [1.29, 1.82) is 0 Å². The van der Waals surface area contributed by atoms with Crippen LogP contribution >= 0.6 is 11.6 Å². The summed E-state index contributed by atoms with van der Waals surface area (Å²) in [5.41, 5.74) is 1.99. The molecule has 3 rings (SSSR count). The molecule has 0 radical (unpaired) electrons. The first-order valence-corrected chi connectivity index (χ1v) is 8.11. The molecule has 0 bridgehead atoms. The van der Waals surface area contributed by atoms with E-state index in [1.54, 1.807) is 36.4 Å². The number of rotatable bonds is 4. The SMILES string of the molecule is C=CCc1cccc2cc(C(=O)Nc3cc(Cl)ccc3C)c(=O)oc12. The van der Waals surface area contributed by atoms with Crippen LogP contribution in [-0.2, 0) is 6.42 Å². The second kappa shape index (κ2) is 6.95. The number of para-hydroxylation sites is 1. The summed E-state index contributed by atoms with van der Waals surface area (Å²) in [7, 11) is 0. The van der Waals surface area contributed by atoms with E-state index in [2.05, 4.69) is 11.9 Å². The van der Waals surface area contributed by atoms with Crippen molar-refractivity contribution in [2.75, 3.05) is 5.32 Å². The lowest BCUT2D eigenvalue weighted by Crippen LogP contribution is -2.21. The van der Waals surface area contributed by atoms with E-state index in [1.165, 1.54) is 0 Å². The second-order valence-corrected chi connectivity index (χ2v) is 6.13. The van der Waals surface area contributed by atoms with E-state index in [9.17, 15) is 9.59 Å². The fraction of sp³-hybridized carbons (Fsp3) is 0.100. The minimum Gasteiger partial charge on any atom is -0.422 e. The normalized spacial score (nSPS) is 10.6. The van der Waals surface area contributed by atoms with Crippen LogP contribution in [-0.4, -0.2) is 5.91 Å². The third kappa shape index (κ3) is 3.49. The number of hydrogen-bond donors (Lipinski definition) is 1. The Bertz CT molecular complexity index is 1040. The lowest BCUT2D eigenvalue weighted by Gasteiger charge is -2.09. The predicted octanol–water partition coefficient (Wildman–Crippen LogP) is 4.74. The van der Waals surface area contributed by atoms with E-state index >= 15 is 0 Å². The molecule has 0 spiro atoms. The molecular formula is C20H16ClNO3. The van der Waals surface area contributed by atoms with Gasteiger partial charge in [0.1, 0.15) is 11.1 Å². The van der Waals surface area contributed by atoms with Crippen molar-refractivity contribution in [3.05, 3.63) is 87.3 Å². The largest absolute Gasteiger partial charge is 0.422 e. The summed E-state index contributed by atoms with van der Waals surface area (Å²) in [4.78, 5) is 24.8. The topological polar surface area (TPSA) is 59.3 Å². The summed E-state index contributed by atoms with van der Waals surface area (Å²) in [5.74, 6) is -0.532. The zero-order valence-corrected chi connectivity index (χ0v) is 14.4. The second-order valence-electron chi connectivity index (χ2n) is 5.69. The molecule has 2 aromatic carbocycles. The van der Waals surface area contributed by atoms with Gasteiger partial charge < -0.3 is 9.73 Å². The van der Waals surface area contributed by atoms with Gasteiger partial charge in [-0.05, 0) is 42.7 Å². The fourth-order valence-corrected chi connectivity index (χ4v) is 2.77. The number of amides is 1. The summed E-state index contributed by atoms with van der Waals surface area (Å²) in [5, 5.41) is 3.90. The van der Waals surface area contributed by atoms with Crippen LogP contribution in [0.25, 0.3) is 11.0 Å². The number of carbonyl (C=O) groups is 1. The summed E-state index contributed by atoms with van der Waals surface area (Å²) in [6, 6.07) is 12.2. The average Bonchev–Trinajstić information content (AvgIpc) is 2.58. The van der Waals surface area contributed by atoms with Crippen molar-refractivity contribution in [3.8, 4) is 0 Å². The number of halogens is 1. The van der Waals surface area contributed by atoms with Gasteiger partial charge in [0.05, 0.1) is 0 Å². The summed E-state index contributed by atoms with van der Waals surface area (Å²) >= 11 is 5.96. The molecular weight excluding hydrogens is 338 g/mol. The van der Waals surface area contributed by atoms with Crippen molar-refractivity contribution in [1.82, 2.24) is 0 Å². The van der Waals surface area contributed by atoms with Crippen LogP contribution in [0.5, 0.6) is 0 Å². The lowest BCUT2D eigenvalue weighted by atomic mass is 10.1. The molecule has 1 aromatic heterocycles. The van der Waals surface area contributed by atoms with Gasteiger partial charge in [0.2, 0.25) is 0 Å². The number of anilines is 1. The van der Waals surface area contributed by atoms with Gasteiger partial charge in [-0.25, -0.2) is 4.79 Å². The van der Waals surface area contributed by atoms with Crippen molar-refractivity contribution >= 4 is 34.2 Å². The van der Waals surface area contributed by atoms with Gasteiger partial charge in [0.25, 0.3) is 5.91 Å². The maximum absolute atomic E-state index is 12.5. The van der Waals surface area contributed by atoms with Crippen molar-refractivity contribution < 1.29 is 9.21 Å². The number of allylic oxidation sites excluding steroid dienone is 1. The highest BCUT2D eigenvalue weighted by atomic mass is 35.5. The maximum atomic E-state index is 12.5. The van der Waals surface area contributed by atoms with Crippen LogP contribution in [0.2, 0.25) is 5.02 Å². The molecule has 3 aromatic rings. The van der Waals surface area contributed by atoms with Crippen LogP contribution < -0.4 is 10.9 Å². The van der Waals surface area contributed by atoms with Crippen LogP contribution in [0.4, 0.5) is 5.69 Å². The zero-order chi connectivity index (χ0) is 18.0. The number of carbonyl (C=O) groups excluding carboxylic acids is 1. The Hall–Kier alpha value is -2.85. The molecule has 0 atom stereocenters. The highest BCUT2D eigenvalue weighted by Crippen LogP contribution is 2.22. The van der Waals surface area contributed by atoms with Crippen LogP contribution in [0.15, 0.2) is 64.3 Å². The standard InChI is InChI=1S/C20H16ClNO3/c1-3-5-13-6-4-7-14-10-16(20(24)25-18(13)14)19(23)22-17-11-15(21)9-8-12(17)2/h3-4,6-11H,1,5H2,2H3,(H,22,23). The third-order valence-electron chi connectivity index (χ3n) is 3.90. The van der Waals surface area contributed by atoms with Gasteiger partial charge >= 0.3 is 5.63 Å². The van der Waals surface area contributed by atoms with Gasteiger partial charge in [-0.15, -0.1) is 6.58 Å². The van der Waals surface area contributed by atoms with Gasteiger partial charge in [0, 0.05) is 16.1 Å². The summed E-state index contributed by atoms with van der Waals surface area (Å²) < 4.78 is 5.40. The first-order chi connectivity index (χ1) is 12.0. The number of aryl methyl sites for hydroxylation is 1. The molecule has 126 valence electrons. The number of nitrogens with one attached hydrogen (secondary N) is 1. The van der Waals surface area contributed by atoms with E-state index in [0.717, 1.165) is 11.1 Å². The van der Waals surface area contributed by atoms with Crippen molar-refractivity contribution in [2.45, 2.75) is 13.3 Å². The van der Waals surface area contributed by atoms with E-state index in [-0.39, 0.29) is 5.56 Å². The van der Waals surface area contributed by atoms with Crippen molar-refractivity contribution in [2.24, 2.45) is 0 Å². The summed E-state index contributed by atoms with van der Waals surface area (Å²) in [6.45, 7) is 5.54. The van der Waals surface area contributed by atoms with Gasteiger partial charge in [-0.3, -0.25) is 4.79 Å². The van der Waals surface area contributed by atoms with Gasteiger partial charge in [-0.1, -0.05) is 41.9 Å². The molecule has 0 aliphatic heterocycles. The fourth-order valence-electron chi connectivity index (χ4n) is 2.60. The maximum Gasteiger partial charge on any atom is 0.349 e. The minimum atomic E-state index is -0.679. The predicted molar refractivity (Wildman–Crippen MR) is 101 cm³/mol. The zero-order valence-electron chi connectivity index (χ0n) is 13.6. The number of fused-ring (bicyclic) bond motifs is 1. The quantitative estimate of drug-likeness (QED) is 0.544. The summed E-state index contributed by atoms with van der Waals surface area (Å²) in [6.07, 6.45) is 2.31. The minimum absolute atomic E-state index is 0.0531. The van der Waals surface area contributed by atoms with Gasteiger partial charge in [-0.2, -0.15) is 0 Å². The first kappa shape index (κ1) is 17.0. The van der Waals surface area contributed by atoms with Crippen molar-refractivity contribution in [3.63, 3.8) is 0 Å². The molecule has 1 N–H and O–H groups in total. The van der Waals surface area contributed by atoms with Crippen LogP contribution in [0.1, 0.15) is 21.5 Å². The van der Waals surface area contributed by atoms with E-state index in [1.807, 2.05) is 19.1 Å². The lowest BCUT2D eigenvalue weighted by molar-refractivity contribution is 0.102. The van der Waals surface area contributed by atoms with E-state index in [0.29, 0.717) is 28.1 Å². The van der Waals surface area contributed by atoms with Crippen LogP contribution in [0, 0.1) is 6.92 Å². The molecule has 4 nitrogen and oxygen atoms in total. The number of benzene rings is 2. The Labute approximate surface area is 149 Å². The van der Waals surface area contributed by atoms with E-state index < -0.39 is 11.5 Å². The van der Waals surface area contributed by atoms with Crippen LogP contribution in [0.3, 0.4) is 0 Å². The molecule has 0 saturated heterocycles. The highest BCUT2D eigenvalue weighted by molar-refractivity contribution is 6.31. The Kier molecular flexibility index (Phi) is 4.72. The monoisotopic (exact) mass is 353 g/mol. The Balaban J connectivity index is 2.02. The Morgan fingerprint density at radius 2 is 2.08 bits per heavy atom. The highest BCUT2D eigenvalue weighted by Gasteiger charge is 2.16. The Morgan fingerprint density at radius 1 is 1.28 bits per heavy atom. The molecule has 1 heterocycles. The van der Waals surface area contributed by atoms with Gasteiger partial charge in [0.15, 0.2) is 0 Å². The molecule has 5 heteroatoms. The molecule has 25 heavy (non-hydrogen) atoms. The first-order valence-electron chi connectivity index (χ1n) is 7.73. The molecule has 0 saturated carbocycles.